The highest BCUT2D eigenvalue weighted by molar-refractivity contribution is 5.02. The highest BCUT2D eigenvalue weighted by Gasteiger charge is 2.16. The second kappa shape index (κ2) is 3.92. The molecule has 1 aromatic heterocycles. The first kappa shape index (κ1) is 8.75. The molecule has 1 heterocycles. The lowest BCUT2D eigenvalue weighted by atomic mass is 9.85. The van der Waals surface area contributed by atoms with E-state index in [9.17, 15) is 0 Å². The van der Waals surface area contributed by atoms with Crippen LogP contribution in [0, 0.1) is 12.8 Å². The monoisotopic (exact) mass is 180 g/mol. The second-order valence-electron chi connectivity index (χ2n) is 3.86. The Morgan fingerprint density at radius 3 is 3.00 bits per heavy atom. The van der Waals surface area contributed by atoms with Gasteiger partial charge in [-0.2, -0.15) is 0 Å². The third kappa shape index (κ3) is 2.31. The van der Waals surface area contributed by atoms with Crippen LogP contribution in [-0.2, 0) is 6.54 Å². The van der Waals surface area contributed by atoms with Crippen molar-refractivity contribution in [3.63, 3.8) is 0 Å². The molecule has 13 heavy (non-hydrogen) atoms. The lowest BCUT2D eigenvalue weighted by molar-refractivity contribution is 0.292. The van der Waals surface area contributed by atoms with Crippen LogP contribution in [0.15, 0.2) is 10.6 Å². The minimum atomic E-state index is 0.817. The molecule has 1 aliphatic rings. The highest BCUT2D eigenvalue weighted by atomic mass is 16.5. The summed E-state index contributed by atoms with van der Waals surface area (Å²) < 4.78 is 5.09. The van der Waals surface area contributed by atoms with Crippen molar-refractivity contribution in [1.29, 1.82) is 0 Å². The summed E-state index contributed by atoms with van der Waals surface area (Å²) in [5.74, 6) is 1.85. The lowest BCUT2D eigenvalue weighted by Gasteiger charge is -2.25. The number of nitrogens with zero attached hydrogens (tertiary/aromatic N) is 1. The molecule has 2 rings (SSSR count). The Bertz CT molecular complexity index is 266. The fourth-order valence-corrected chi connectivity index (χ4v) is 1.60. The first-order valence-electron chi connectivity index (χ1n) is 4.97. The van der Waals surface area contributed by atoms with Gasteiger partial charge in [0.05, 0.1) is 12.2 Å². The maximum atomic E-state index is 5.09. The van der Waals surface area contributed by atoms with Crippen molar-refractivity contribution in [3.05, 3.63) is 17.5 Å². The minimum absolute atomic E-state index is 0.817. The van der Waals surface area contributed by atoms with E-state index in [2.05, 4.69) is 10.5 Å². The van der Waals surface area contributed by atoms with E-state index in [0.29, 0.717) is 0 Å². The summed E-state index contributed by atoms with van der Waals surface area (Å²) in [5.41, 5.74) is 0.959. The second-order valence-corrected chi connectivity index (χ2v) is 3.86. The average Bonchev–Trinajstić information content (AvgIpc) is 2.42. The van der Waals surface area contributed by atoms with Gasteiger partial charge in [0.15, 0.2) is 5.76 Å². The van der Waals surface area contributed by atoms with E-state index in [1.54, 1.807) is 0 Å². The van der Waals surface area contributed by atoms with Crippen LogP contribution in [0.5, 0.6) is 0 Å². The van der Waals surface area contributed by atoms with Crippen LogP contribution < -0.4 is 5.32 Å². The topological polar surface area (TPSA) is 38.1 Å². The molecule has 0 spiro atoms. The van der Waals surface area contributed by atoms with Crippen LogP contribution in [0.1, 0.15) is 30.7 Å². The van der Waals surface area contributed by atoms with E-state index in [4.69, 9.17) is 4.52 Å². The van der Waals surface area contributed by atoms with Crippen molar-refractivity contribution in [2.24, 2.45) is 5.92 Å². The maximum Gasteiger partial charge on any atom is 0.150 e. The standard InChI is InChI=1S/C10H16N2O/c1-8-5-10(13-12-8)7-11-6-9-3-2-4-9/h5,9,11H,2-4,6-7H2,1H3. The normalized spacial score (nSPS) is 17.3. The van der Waals surface area contributed by atoms with Gasteiger partial charge in [0.1, 0.15) is 0 Å². The summed E-state index contributed by atoms with van der Waals surface area (Å²) in [6.07, 6.45) is 4.19. The van der Waals surface area contributed by atoms with Crippen molar-refractivity contribution in [3.8, 4) is 0 Å². The van der Waals surface area contributed by atoms with Gasteiger partial charge in [-0.25, -0.2) is 0 Å². The van der Waals surface area contributed by atoms with E-state index < -0.39 is 0 Å². The number of hydrogen-bond acceptors (Lipinski definition) is 3. The molecule has 0 unspecified atom stereocenters. The van der Waals surface area contributed by atoms with E-state index in [1.165, 1.54) is 19.3 Å². The van der Waals surface area contributed by atoms with Crippen LogP contribution in [0.25, 0.3) is 0 Å². The van der Waals surface area contributed by atoms with Crippen LogP contribution >= 0.6 is 0 Å². The molecule has 0 amide bonds. The van der Waals surface area contributed by atoms with Gasteiger partial charge in [-0.1, -0.05) is 11.6 Å². The van der Waals surface area contributed by atoms with Crippen molar-refractivity contribution in [2.75, 3.05) is 6.54 Å². The van der Waals surface area contributed by atoms with Gasteiger partial charge in [0.25, 0.3) is 0 Å². The molecular formula is C10H16N2O. The molecule has 0 radical (unpaired) electrons. The van der Waals surface area contributed by atoms with Gasteiger partial charge >= 0.3 is 0 Å². The molecule has 1 aromatic rings. The van der Waals surface area contributed by atoms with Gasteiger partial charge in [0.2, 0.25) is 0 Å². The molecule has 3 heteroatoms. The van der Waals surface area contributed by atoms with E-state index in [0.717, 1.165) is 30.5 Å². The van der Waals surface area contributed by atoms with Crippen LogP contribution in [0.3, 0.4) is 0 Å². The van der Waals surface area contributed by atoms with Crippen molar-refractivity contribution < 1.29 is 4.52 Å². The molecule has 1 aliphatic carbocycles. The largest absolute Gasteiger partial charge is 0.360 e. The number of rotatable bonds is 4. The molecule has 1 fully saturated rings. The Morgan fingerprint density at radius 1 is 1.62 bits per heavy atom. The van der Waals surface area contributed by atoms with E-state index in [-0.39, 0.29) is 0 Å². The van der Waals surface area contributed by atoms with E-state index in [1.807, 2.05) is 13.0 Å². The van der Waals surface area contributed by atoms with Gasteiger partial charge in [-0.3, -0.25) is 0 Å². The molecule has 72 valence electrons. The predicted octanol–water partition coefficient (Wildman–Crippen LogP) is 1.87. The molecule has 1 saturated carbocycles. The lowest BCUT2D eigenvalue weighted by Crippen LogP contribution is -2.26. The van der Waals surface area contributed by atoms with Crippen molar-refractivity contribution >= 4 is 0 Å². The zero-order chi connectivity index (χ0) is 9.10. The van der Waals surface area contributed by atoms with E-state index >= 15 is 0 Å². The number of aromatic nitrogens is 1. The molecule has 3 nitrogen and oxygen atoms in total. The molecule has 0 aliphatic heterocycles. The first-order chi connectivity index (χ1) is 6.34. The summed E-state index contributed by atoms with van der Waals surface area (Å²) in [7, 11) is 0. The molecular weight excluding hydrogens is 164 g/mol. The van der Waals surface area contributed by atoms with Crippen LogP contribution in [0.2, 0.25) is 0 Å². The Morgan fingerprint density at radius 2 is 2.46 bits per heavy atom. The van der Waals surface area contributed by atoms with Crippen molar-refractivity contribution in [1.82, 2.24) is 10.5 Å². The molecule has 0 saturated heterocycles. The molecule has 0 bridgehead atoms. The maximum absolute atomic E-state index is 5.09. The van der Waals surface area contributed by atoms with Gasteiger partial charge < -0.3 is 9.84 Å². The van der Waals surface area contributed by atoms with Gasteiger partial charge in [0, 0.05) is 6.07 Å². The van der Waals surface area contributed by atoms with Crippen molar-refractivity contribution in [2.45, 2.75) is 32.7 Å². The molecule has 0 atom stereocenters. The minimum Gasteiger partial charge on any atom is -0.360 e. The Hall–Kier alpha value is -0.830. The summed E-state index contributed by atoms with van der Waals surface area (Å²) in [4.78, 5) is 0. The number of aryl methyl sites for hydroxylation is 1. The van der Waals surface area contributed by atoms with Gasteiger partial charge in [-0.15, -0.1) is 0 Å². The zero-order valence-electron chi connectivity index (χ0n) is 8.05. The fraction of sp³-hybridized carbons (Fsp3) is 0.700. The average molecular weight is 180 g/mol. The smallest absolute Gasteiger partial charge is 0.150 e. The third-order valence-corrected chi connectivity index (χ3v) is 2.63. The Kier molecular flexibility index (Phi) is 2.64. The van der Waals surface area contributed by atoms with Gasteiger partial charge in [-0.05, 0) is 32.2 Å². The quantitative estimate of drug-likeness (QED) is 0.768. The summed E-state index contributed by atoms with van der Waals surface area (Å²) in [6.45, 7) is 3.88. The number of nitrogens with one attached hydrogen (secondary N) is 1. The Labute approximate surface area is 78.5 Å². The summed E-state index contributed by atoms with van der Waals surface area (Å²) in [6, 6.07) is 1.98. The molecule has 1 N–H and O–H groups in total. The highest BCUT2D eigenvalue weighted by Crippen LogP contribution is 2.25. The predicted molar refractivity (Wildman–Crippen MR) is 50.3 cm³/mol. The first-order valence-corrected chi connectivity index (χ1v) is 4.97. The fourth-order valence-electron chi connectivity index (χ4n) is 1.60. The number of hydrogen-bond donors (Lipinski definition) is 1. The Balaban J connectivity index is 1.67. The summed E-state index contributed by atoms with van der Waals surface area (Å²) in [5, 5.41) is 7.22. The third-order valence-electron chi connectivity index (χ3n) is 2.63. The van der Waals surface area contributed by atoms with Crippen LogP contribution in [0.4, 0.5) is 0 Å². The zero-order valence-corrected chi connectivity index (χ0v) is 8.05. The SMILES string of the molecule is Cc1cc(CNCC2CCC2)on1. The molecule has 0 aromatic carbocycles. The van der Waals surface area contributed by atoms with Crippen LogP contribution in [-0.4, -0.2) is 11.7 Å². The summed E-state index contributed by atoms with van der Waals surface area (Å²) >= 11 is 0.